The molecule has 0 fully saturated rings. The van der Waals surface area contributed by atoms with Gasteiger partial charge in [-0.05, 0) is 42.0 Å². The first kappa shape index (κ1) is 18.2. The van der Waals surface area contributed by atoms with Crippen molar-refractivity contribution in [3.63, 3.8) is 0 Å². The Kier molecular flexibility index (Phi) is 5.21. The van der Waals surface area contributed by atoms with E-state index in [1.807, 2.05) is 42.1 Å². The second-order valence-corrected chi connectivity index (χ2v) is 6.02. The molecule has 0 aliphatic carbocycles. The number of imidazole rings is 1. The van der Waals surface area contributed by atoms with Crippen molar-refractivity contribution in [3.8, 4) is 5.75 Å². The average molecular weight is 364 g/mol. The topological polar surface area (TPSA) is 99.2 Å². The van der Waals surface area contributed by atoms with Crippen LogP contribution in [0.25, 0.3) is 0 Å². The van der Waals surface area contributed by atoms with Crippen LogP contribution in [0, 0.1) is 0 Å². The van der Waals surface area contributed by atoms with Gasteiger partial charge in [-0.15, -0.1) is 0 Å². The Hall–Kier alpha value is -3.61. The van der Waals surface area contributed by atoms with Gasteiger partial charge in [0.1, 0.15) is 17.6 Å². The number of rotatable bonds is 6. The third kappa shape index (κ3) is 3.98. The molecule has 2 amide bonds. The molecule has 0 radical (unpaired) electrons. The number of nitrogens with two attached hydrogens (primary N) is 1. The summed E-state index contributed by atoms with van der Waals surface area (Å²) in [6, 6.07) is 13.2. The molecule has 3 N–H and O–H groups in total. The molecule has 0 saturated carbocycles. The van der Waals surface area contributed by atoms with Crippen molar-refractivity contribution in [3.05, 3.63) is 83.4 Å². The normalized spacial score (nSPS) is 11.6. The van der Waals surface area contributed by atoms with Gasteiger partial charge < -0.3 is 20.4 Å². The molecular formula is C20H20N4O3. The maximum atomic E-state index is 12.8. The van der Waals surface area contributed by atoms with Crippen LogP contribution < -0.4 is 15.8 Å². The summed E-state index contributed by atoms with van der Waals surface area (Å²) in [6.07, 6.45) is 3.49. The summed E-state index contributed by atoms with van der Waals surface area (Å²) >= 11 is 0. The van der Waals surface area contributed by atoms with Crippen LogP contribution in [0.4, 0.5) is 0 Å². The van der Waals surface area contributed by atoms with Crippen molar-refractivity contribution in [1.82, 2.24) is 14.9 Å². The minimum absolute atomic E-state index is 0.290. The largest absolute Gasteiger partial charge is 0.497 e. The number of nitrogens with one attached hydrogen (secondary N) is 1. The second-order valence-electron chi connectivity index (χ2n) is 6.02. The SMILES string of the molecule is COc1cccc(C(NC(=O)c2ccc(C(N)=O)cc2)c2nccn2C)c1. The van der Waals surface area contributed by atoms with E-state index in [1.54, 1.807) is 25.4 Å². The number of aromatic nitrogens is 2. The standard InChI is InChI=1S/C20H20N4O3/c1-24-11-10-22-19(24)17(15-4-3-5-16(12-15)27-2)23-20(26)14-8-6-13(7-9-14)18(21)25/h3-12,17H,1-2H3,(H2,21,25)(H,23,26). The summed E-state index contributed by atoms with van der Waals surface area (Å²) < 4.78 is 7.14. The number of primary amides is 1. The molecule has 1 heterocycles. The minimum Gasteiger partial charge on any atom is -0.497 e. The van der Waals surface area contributed by atoms with Crippen LogP contribution in [-0.2, 0) is 7.05 Å². The summed E-state index contributed by atoms with van der Waals surface area (Å²) in [6.45, 7) is 0. The number of methoxy groups -OCH3 is 1. The van der Waals surface area contributed by atoms with Crippen LogP contribution in [0.5, 0.6) is 5.75 Å². The van der Waals surface area contributed by atoms with Crippen LogP contribution >= 0.6 is 0 Å². The molecule has 0 bridgehead atoms. The summed E-state index contributed by atoms with van der Waals surface area (Å²) in [7, 11) is 3.46. The number of ether oxygens (including phenoxy) is 1. The van der Waals surface area contributed by atoms with Crippen LogP contribution in [0.1, 0.15) is 38.1 Å². The van der Waals surface area contributed by atoms with Gasteiger partial charge in [-0.25, -0.2) is 4.98 Å². The van der Waals surface area contributed by atoms with Crippen LogP contribution in [0.3, 0.4) is 0 Å². The van der Waals surface area contributed by atoms with Gasteiger partial charge in [0.05, 0.1) is 7.11 Å². The molecule has 0 aliphatic heterocycles. The molecular weight excluding hydrogens is 344 g/mol. The number of aryl methyl sites for hydroxylation is 1. The van der Waals surface area contributed by atoms with Gasteiger partial charge in [0.2, 0.25) is 5.91 Å². The Labute approximate surface area is 156 Å². The highest BCUT2D eigenvalue weighted by molar-refractivity contribution is 5.97. The molecule has 1 aromatic heterocycles. The fourth-order valence-corrected chi connectivity index (χ4v) is 2.77. The predicted octanol–water partition coefficient (Wildman–Crippen LogP) is 2.05. The Morgan fingerprint density at radius 2 is 1.85 bits per heavy atom. The fourth-order valence-electron chi connectivity index (χ4n) is 2.77. The van der Waals surface area contributed by atoms with Crippen molar-refractivity contribution in [2.75, 3.05) is 7.11 Å². The van der Waals surface area contributed by atoms with Gasteiger partial charge in [-0.1, -0.05) is 12.1 Å². The van der Waals surface area contributed by atoms with Crippen molar-refractivity contribution in [2.24, 2.45) is 12.8 Å². The first-order valence-electron chi connectivity index (χ1n) is 8.31. The molecule has 1 unspecified atom stereocenters. The van der Waals surface area contributed by atoms with E-state index in [0.29, 0.717) is 22.7 Å². The molecule has 1 atom stereocenters. The number of nitrogens with zero attached hydrogens (tertiary/aromatic N) is 2. The van der Waals surface area contributed by atoms with E-state index < -0.39 is 11.9 Å². The maximum Gasteiger partial charge on any atom is 0.252 e. The molecule has 0 aliphatic rings. The Bertz CT molecular complexity index is 963. The number of amides is 2. The quantitative estimate of drug-likeness (QED) is 0.699. The van der Waals surface area contributed by atoms with Crippen molar-refractivity contribution < 1.29 is 14.3 Å². The highest BCUT2D eigenvalue weighted by atomic mass is 16.5. The zero-order chi connectivity index (χ0) is 19.4. The van der Waals surface area contributed by atoms with E-state index in [2.05, 4.69) is 10.3 Å². The van der Waals surface area contributed by atoms with Gasteiger partial charge in [0.15, 0.2) is 0 Å². The lowest BCUT2D eigenvalue weighted by Gasteiger charge is -2.20. The zero-order valence-corrected chi connectivity index (χ0v) is 15.0. The van der Waals surface area contributed by atoms with Crippen LogP contribution in [0.2, 0.25) is 0 Å². The Morgan fingerprint density at radius 1 is 1.15 bits per heavy atom. The molecule has 138 valence electrons. The number of carbonyl (C=O) groups excluding carboxylic acids is 2. The summed E-state index contributed by atoms with van der Waals surface area (Å²) in [5.41, 5.74) is 6.85. The molecule has 7 nitrogen and oxygen atoms in total. The number of benzene rings is 2. The molecule has 2 aromatic carbocycles. The predicted molar refractivity (Wildman–Crippen MR) is 100 cm³/mol. The Morgan fingerprint density at radius 3 is 2.44 bits per heavy atom. The fraction of sp³-hybridized carbons (Fsp3) is 0.150. The highest BCUT2D eigenvalue weighted by Gasteiger charge is 2.22. The number of carbonyl (C=O) groups is 2. The average Bonchev–Trinajstić information content (AvgIpc) is 3.11. The lowest BCUT2D eigenvalue weighted by atomic mass is 10.0. The summed E-state index contributed by atoms with van der Waals surface area (Å²) in [4.78, 5) is 28.4. The van der Waals surface area contributed by atoms with Gasteiger partial charge in [0.25, 0.3) is 5.91 Å². The zero-order valence-electron chi connectivity index (χ0n) is 15.0. The van der Waals surface area contributed by atoms with Gasteiger partial charge in [-0.2, -0.15) is 0 Å². The number of hydrogen-bond acceptors (Lipinski definition) is 4. The van der Waals surface area contributed by atoms with Gasteiger partial charge in [0, 0.05) is 30.6 Å². The van der Waals surface area contributed by atoms with Crippen molar-refractivity contribution in [2.45, 2.75) is 6.04 Å². The first-order chi connectivity index (χ1) is 13.0. The van der Waals surface area contributed by atoms with Crippen molar-refractivity contribution in [1.29, 1.82) is 0 Å². The lowest BCUT2D eigenvalue weighted by molar-refractivity contribution is 0.0939. The minimum atomic E-state index is -0.538. The van der Waals surface area contributed by atoms with Crippen molar-refractivity contribution >= 4 is 11.8 Å². The molecule has 0 spiro atoms. The van der Waals surface area contributed by atoms with E-state index in [9.17, 15) is 9.59 Å². The number of hydrogen-bond donors (Lipinski definition) is 2. The maximum absolute atomic E-state index is 12.8. The van der Waals surface area contributed by atoms with Gasteiger partial charge >= 0.3 is 0 Å². The second kappa shape index (κ2) is 7.74. The molecule has 3 aromatic rings. The third-order valence-corrected chi connectivity index (χ3v) is 4.25. The smallest absolute Gasteiger partial charge is 0.252 e. The first-order valence-corrected chi connectivity index (χ1v) is 8.31. The van der Waals surface area contributed by atoms with E-state index in [0.717, 1.165) is 5.56 Å². The summed E-state index contributed by atoms with van der Waals surface area (Å²) in [5.74, 6) is 0.545. The highest BCUT2D eigenvalue weighted by Crippen LogP contribution is 2.24. The van der Waals surface area contributed by atoms with Gasteiger partial charge in [-0.3, -0.25) is 9.59 Å². The van der Waals surface area contributed by atoms with Crippen LogP contribution in [-0.4, -0.2) is 28.5 Å². The summed E-state index contributed by atoms with van der Waals surface area (Å²) in [5, 5.41) is 3.00. The molecule has 7 heteroatoms. The van der Waals surface area contributed by atoms with E-state index in [-0.39, 0.29) is 5.91 Å². The monoisotopic (exact) mass is 364 g/mol. The Balaban J connectivity index is 1.92. The molecule has 3 rings (SSSR count). The molecule has 27 heavy (non-hydrogen) atoms. The molecule has 0 saturated heterocycles. The van der Waals surface area contributed by atoms with E-state index in [4.69, 9.17) is 10.5 Å². The van der Waals surface area contributed by atoms with Crippen LogP contribution in [0.15, 0.2) is 60.9 Å². The van der Waals surface area contributed by atoms with E-state index in [1.165, 1.54) is 12.1 Å². The third-order valence-electron chi connectivity index (χ3n) is 4.25. The van der Waals surface area contributed by atoms with E-state index >= 15 is 0 Å². The lowest BCUT2D eigenvalue weighted by Crippen LogP contribution is -2.31.